The highest BCUT2D eigenvalue weighted by atomic mass is 16.5. The van der Waals surface area contributed by atoms with Gasteiger partial charge < -0.3 is 24.5 Å². The second-order valence-electron chi connectivity index (χ2n) is 8.85. The number of nitrogens with zero attached hydrogens (tertiary/aromatic N) is 1. The number of nitrogens with one attached hydrogen (secondary N) is 1. The lowest BCUT2D eigenvalue weighted by atomic mass is 9.98. The highest BCUT2D eigenvalue weighted by Gasteiger charge is 2.30. The number of piperidine rings is 1. The number of hydrogen-bond acceptors (Lipinski definition) is 5. The van der Waals surface area contributed by atoms with E-state index in [4.69, 9.17) is 9.15 Å². The highest BCUT2D eigenvalue weighted by molar-refractivity contribution is 5.81. The summed E-state index contributed by atoms with van der Waals surface area (Å²) >= 11 is 0. The minimum Gasteiger partial charge on any atom is -0.480 e. The van der Waals surface area contributed by atoms with Crippen LogP contribution in [0.3, 0.4) is 0 Å². The van der Waals surface area contributed by atoms with Crippen LogP contribution in [-0.4, -0.2) is 42.9 Å². The monoisotopic (exact) mass is 460 g/mol. The summed E-state index contributed by atoms with van der Waals surface area (Å²) in [4.78, 5) is 26.5. The van der Waals surface area contributed by atoms with Crippen molar-refractivity contribution in [2.45, 2.75) is 37.6 Å². The van der Waals surface area contributed by atoms with Crippen molar-refractivity contribution in [1.82, 2.24) is 5.32 Å². The van der Waals surface area contributed by atoms with Gasteiger partial charge in [0.15, 0.2) is 5.88 Å². The molecule has 2 aliphatic rings. The molecule has 1 aromatic heterocycles. The van der Waals surface area contributed by atoms with Crippen LogP contribution in [0.25, 0.3) is 11.1 Å². The maximum Gasteiger partial charge on any atom is 0.407 e. The molecular weight excluding hydrogens is 432 g/mol. The summed E-state index contributed by atoms with van der Waals surface area (Å²) < 4.78 is 11.4. The molecular formula is C27H28N2O5. The zero-order valence-corrected chi connectivity index (χ0v) is 18.9. The average Bonchev–Trinajstić information content (AvgIpc) is 3.46. The summed E-state index contributed by atoms with van der Waals surface area (Å²) in [5.74, 6) is 0.0509. The third-order valence-corrected chi connectivity index (χ3v) is 6.65. The number of fused-ring (bicyclic) bond motifs is 3. The molecule has 1 aliphatic heterocycles. The largest absolute Gasteiger partial charge is 0.480 e. The van der Waals surface area contributed by atoms with Crippen LogP contribution in [0.2, 0.25) is 0 Å². The standard InChI is InChI=1S/C27H28N2O5/c30-26(31)24(16-18-12-13-25(34-18)29-14-6-1-7-15-29)28-27(32)33-17-23-21-10-4-2-8-19(21)20-9-3-5-11-22(20)23/h2-5,8-13,23-24H,1,6-7,14-17H2,(H,28,32)(H,30,31). The number of alkyl carbamates (subject to hydrolysis) is 1. The van der Waals surface area contributed by atoms with E-state index < -0.39 is 18.1 Å². The van der Waals surface area contributed by atoms with Gasteiger partial charge in [-0.2, -0.15) is 0 Å². The molecule has 2 aromatic carbocycles. The summed E-state index contributed by atoms with van der Waals surface area (Å²) in [6.07, 6.45) is 2.76. The van der Waals surface area contributed by atoms with Gasteiger partial charge in [-0.3, -0.25) is 0 Å². The molecule has 7 nitrogen and oxygen atoms in total. The molecule has 34 heavy (non-hydrogen) atoms. The Kier molecular flexibility index (Phi) is 6.25. The molecule has 2 N–H and O–H groups in total. The first-order valence-electron chi connectivity index (χ1n) is 11.8. The van der Waals surface area contributed by atoms with E-state index in [0.717, 1.165) is 54.1 Å². The molecule has 0 spiro atoms. The number of hydrogen-bond donors (Lipinski definition) is 2. The Bertz CT molecular complexity index is 1140. The van der Waals surface area contributed by atoms with Crippen LogP contribution >= 0.6 is 0 Å². The van der Waals surface area contributed by atoms with Gasteiger partial charge in [0.2, 0.25) is 0 Å². The van der Waals surface area contributed by atoms with Gasteiger partial charge in [-0.25, -0.2) is 9.59 Å². The molecule has 2 heterocycles. The second-order valence-corrected chi connectivity index (χ2v) is 8.85. The van der Waals surface area contributed by atoms with Crippen molar-refractivity contribution in [2.24, 2.45) is 0 Å². The zero-order chi connectivity index (χ0) is 23.5. The Morgan fingerprint density at radius 3 is 2.26 bits per heavy atom. The quantitative estimate of drug-likeness (QED) is 0.526. The number of furan rings is 1. The summed E-state index contributed by atoms with van der Waals surface area (Å²) in [6.45, 7) is 2.01. The number of carboxylic acids is 1. The molecule has 1 saturated heterocycles. The van der Waals surface area contributed by atoms with Crippen LogP contribution in [-0.2, 0) is 16.0 Å². The lowest BCUT2D eigenvalue weighted by Crippen LogP contribution is -2.42. The van der Waals surface area contributed by atoms with Crippen LogP contribution in [0.5, 0.6) is 0 Å². The lowest BCUT2D eigenvalue weighted by molar-refractivity contribution is -0.139. The number of carboxylic acid groups (broad SMARTS) is 1. The van der Waals surface area contributed by atoms with Crippen LogP contribution in [0.4, 0.5) is 10.7 Å². The van der Waals surface area contributed by atoms with E-state index in [1.807, 2.05) is 42.5 Å². The Morgan fingerprint density at radius 1 is 0.971 bits per heavy atom. The van der Waals surface area contributed by atoms with Crippen molar-refractivity contribution < 1.29 is 23.8 Å². The molecule has 1 atom stereocenters. The van der Waals surface area contributed by atoms with Crippen molar-refractivity contribution in [3.05, 3.63) is 77.6 Å². The van der Waals surface area contributed by atoms with E-state index >= 15 is 0 Å². The van der Waals surface area contributed by atoms with Crippen LogP contribution in [0.15, 0.2) is 65.1 Å². The zero-order valence-electron chi connectivity index (χ0n) is 18.9. The second kappa shape index (κ2) is 9.63. The molecule has 3 aromatic rings. The average molecular weight is 461 g/mol. The van der Waals surface area contributed by atoms with E-state index in [9.17, 15) is 14.7 Å². The molecule has 176 valence electrons. The first kappa shape index (κ1) is 22.1. The maximum absolute atomic E-state index is 12.5. The lowest BCUT2D eigenvalue weighted by Gasteiger charge is -2.26. The van der Waals surface area contributed by atoms with E-state index in [1.165, 1.54) is 6.42 Å². The van der Waals surface area contributed by atoms with Crippen molar-refractivity contribution in [2.75, 3.05) is 24.6 Å². The van der Waals surface area contributed by atoms with Gasteiger partial charge in [0.1, 0.15) is 18.4 Å². The van der Waals surface area contributed by atoms with E-state index in [1.54, 1.807) is 6.07 Å². The van der Waals surface area contributed by atoms with E-state index in [-0.39, 0.29) is 18.9 Å². The molecule has 7 heteroatoms. The molecule has 0 bridgehead atoms. The predicted octanol–water partition coefficient (Wildman–Crippen LogP) is 4.80. The number of benzene rings is 2. The Hall–Kier alpha value is -3.74. The van der Waals surface area contributed by atoms with Gasteiger partial charge in [0.05, 0.1) is 0 Å². The molecule has 5 rings (SSSR count). The molecule has 1 unspecified atom stereocenters. The fourth-order valence-corrected chi connectivity index (χ4v) is 4.94. The van der Waals surface area contributed by atoms with E-state index in [0.29, 0.717) is 5.76 Å². The molecule has 1 aliphatic carbocycles. The Morgan fingerprint density at radius 2 is 1.62 bits per heavy atom. The normalized spacial score (nSPS) is 15.9. The van der Waals surface area contributed by atoms with Gasteiger partial charge in [-0.1, -0.05) is 48.5 Å². The van der Waals surface area contributed by atoms with Gasteiger partial charge in [-0.15, -0.1) is 0 Å². The first-order valence-corrected chi connectivity index (χ1v) is 11.8. The van der Waals surface area contributed by atoms with Gasteiger partial charge >= 0.3 is 12.1 Å². The number of carbonyl (C=O) groups is 2. The first-order chi connectivity index (χ1) is 16.6. The van der Waals surface area contributed by atoms with Crippen molar-refractivity contribution in [3.8, 4) is 11.1 Å². The molecule has 1 fully saturated rings. The highest BCUT2D eigenvalue weighted by Crippen LogP contribution is 2.44. The minimum absolute atomic E-state index is 0.0490. The van der Waals surface area contributed by atoms with Crippen molar-refractivity contribution in [3.63, 3.8) is 0 Å². The Labute approximate surface area is 198 Å². The smallest absolute Gasteiger partial charge is 0.407 e. The minimum atomic E-state index is -1.14. The number of rotatable bonds is 7. The predicted molar refractivity (Wildman–Crippen MR) is 128 cm³/mol. The topological polar surface area (TPSA) is 92.0 Å². The number of anilines is 1. The van der Waals surface area contributed by atoms with Crippen LogP contribution < -0.4 is 10.2 Å². The molecule has 1 amide bonds. The fraction of sp³-hybridized carbons (Fsp3) is 0.333. The summed E-state index contributed by atoms with van der Waals surface area (Å²) in [5, 5.41) is 12.1. The number of aliphatic carboxylic acids is 1. The van der Waals surface area contributed by atoms with Gasteiger partial charge in [-0.05, 0) is 47.6 Å². The van der Waals surface area contributed by atoms with Gasteiger partial charge in [0, 0.05) is 31.5 Å². The summed E-state index contributed by atoms with van der Waals surface area (Å²) in [5.41, 5.74) is 4.48. The van der Waals surface area contributed by atoms with E-state index in [2.05, 4.69) is 22.3 Å². The van der Waals surface area contributed by atoms with Crippen LogP contribution in [0.1, 0.15) is 42.1 Å². The van der Waals surface area contributed by atoms with Crippen molar-refractivity contribution in [1.29, 1.82) is 0 Å². The molecule has 0 saturated carbocycles. The SMILES string of the molecule is O=C(NC(Cc1ccc(N2CCCCC2)o1)C(=O)O)OCC1c2ccccc2-c2ccccc21. The number of ether oxygens (including phenoxy) is 1. The van der Waals surface area contributed by atoms with Crippen LogP contribution in [0, 0.1) is 0 Å². The van der Waals surface area contributed by atoms with Gasteiger partial charge in [0.25, 0.3) is 0 Å². The number of amides is 1. The third kappa shape index (κ3) is 4.51. The maximum atomic E-state index is 12.5. The molecule has 0 radical (unpaired) electrons. The Balaban J connectivity index is 1.21. The summed E-state index contributed by atoms with van der Waals surface area (Å²) in [6, 6.07) is 18.6. The fourth-order valence-electron chi connectivity index (χ4n) is 4.94. The summed E-state index contributed by atoms with van der Waals surface area (Å²) in [7, 11) is 0. The van der Waals surface area contributed by atoms with Crippen molar-refractivity contribution >= 4 is 17.9 Å². The third-order valence-electron chi connectivity index (χ3n) is 6.65. The number of carbonyl (C=O) groups excluding carboxylic acids is 1.